The number of fused-ring (bicyclic) bond motifs is 1. The maximum atomic E-state index is 14.4. The number of hydrogen-bond donors (Lipinski definition) is 2. The van der Waals surface area contributed by atoms with E-state index in [0.717, 1.165) is 53.3 Å². The summed E-state index contributed by atoms with van der Waals surface area (Å²) < 4.78 is 61.3. The SMILES string of the molecule is CCOC(=O)[C@@](NC(=O)c1cccc(F)c1)(Nc1sc2c(c1C#N)CCCC2)C(F)(F)F. The Bertz CT molecular complexity index is 1080. The number of esters is 1. The number of carbonyl (C=O) groups is 2. The van der Waals surface area contributed by atoms with Crippen LogP contribution in [0.2, 0.25) is 0 Å². The van der Waals surface area contributed by atoms with Gasteiger partial charge in [-0.3, -0.25) is 4.79 Å². The molecule has 0 saturated carbocycles. The van der Waals surface area contributed by atoms with Gasteiger partial charge in [-0.2, -0.15) is 18.4 Å². The number of nitrogens with one attached hydrogen (secondary N) is 2. The highest BCUT2D eigenvalue weighted by molar-refractivity contribution is 7.16. The summed E-state index contributed by atoms with van der Waals surface area (Å²) in [6.45, 7) is 0.929. The van der Waals surface area contributed by atoms with E-state index in [9.17, 15) is 32.4 Å². The van der Waals surface area contributed by atoms with Gasteiger partial charge in [0.1, 0.15) is 16.9 Å². The third-order valence-electron chi connectivity index (χ3n) is 4.98. The Morgan fingerprint density at radius 1 is 1.25 bits per heavy atom. The van der Waals surface area contributed by atoms with E-state index in [0.29, 0.717) is 18.4 Å². The van der Waals surface area contributed by atoms with Gasteiger partial charge in [0.05, 0.1) is 12.2 Å². The van der Waals surface area contributed by atoms with Crippen molar-refractivity contribution in [2.75, 3.05) is 11.9 Å². The number of anilines is 1. The third-order valence-corrected chi connectivity index (χ3v) is 6.19. The zero-order chi connectivity index (χ0) is 23.5. The van der Waals surface area contributed by atoms with E-state index in [-0.39, 0.29) is 17.2 Å². The van der Waals surface area contributed by atoms with E-state index in [1.165, 1.54) is 6.92 Å². The standard InChI is InChI=1S/C21H19F4N3O3S/c1-2-31-19(30)20(21(23,24)25,27-17(29)12-6-5-7-13(22)10-12)28-18-15(11-26)14-8-3-4-9-16(14)32-18/h5-7,10,28H,2-4,8-9H2,1H3,(H,27,29)/t20-/m1/s1. The Balaban J connectivity index is 2.10. The van der Waals surface area contributed by atoms with Crippen LogP contribution in [0.1, 0.15) is 46.1 Å². The minimum atomic E-state index is -5.36. The number of nitrogens with zero attached hydrogens (tertiary/aromatic N) is 1. The summed E-state index contributed by atoms with van der Waals surface area (Å²) in [5, 5.41) is 13.1. The normalized spacial score (nSPS) is 15.1. The molecule has 0 saturated heterocycles. The Morgan fingerprint density at radius 3 is 2.59 bits per heavy atom. The number of ether oxygens (including phenoxy) is 1. The summed E-state index contributed by atoms with van der Waals surface area (Å²) >= 11 is 0.938. The molecule has 32 heavy (non-hydrogen) atoms. The highest BCUT2D eigenvalue weighted by Gasteiger charge is 2.64. The highest BCUT2D eigenvalue weighted by Crippen LogP contribution is 2.41. The topological polar surface area (TPSA) is 91.2 Å². The lowest BCUT2D eigenvalue weighted by Gasteiger charge is -2.35. The molecule has 0 spiro atoms. The molecule has 1 amide bonds. The second-order valence-corrected chi connectivity index (χ2v) is 8.19. The van der Waals surface area contributed by atoms with Crippen LogP contribution >= 0.6 is 11.3 Å². The fourth-order valence-electron chi connectivity index (χ4n) is 3.44. The van der Waals surface area contributed by atoms with Gasteiger partial charge in [0.2, 0.25) is 0 Å². The summed E-state index contributed by atoms with van der Waals surface area (Å²) in [4.78, 5) is 26.0. The molecule has 0 radical (unpaired) electrons. The Morgan fingerprint density at radius 2 is 1.97 bits per heavy atom. The number of amides is 1. The number of alkyl halides is 3. The van der Waals surface area contributed by atoms with Crippen molar-refractivity contribution in [1.29, 1.82) is 5.26 Å². The van der Waals surface area contributed by atoms with Crippen molar-refractivity contribution >= 4 is 28.2 Å². The summed E-state index contributed by atoms with van der Waals surface area (Å²) in [7, 11) is 0. The number of carbonyl (C=O) groups excluding carboxylic acids is 2. The van der Waals surface area contributed by atoms with Crippen molar-refractivity contribution in [3.05, 3.63) is 51.7 Å². The summed E-state index contributed by atoms with van der Waals surface area (Å²) in [6.07, 6.45) is -2.61. The number of benzene rings is 1. The van der Waals surface area contributed by atoms with Crippen LogP contribution in [0, 0.1) is 17.1 Å². The Labute approximate surface area is 185 Å². The quantitative estimate of drug-likeness (QED) is 0.374. The molecule has 1 aliphatic carbocycles. The molecular weight excluding hydrogens is 450 g/mol. The number of hydrogen-bond acceptors (Lipinski definition) is 6. The third kappa shape index (κ3) is 4.41. The molecule has 1 aromatic carbocycles. The first-order valence-electron chi connectivity index (χ1n) is 9.77. The van der Waals surface area contributed by atoms with Crippen molar-refractivity contribution in [2.45, 2.75) is 44.4 Å². The zero-order valence-corrected chi connectivity index (χ0v) is 17.8. The lowest BCUT2D eigenvalue weighted by atomic mass is 9.96. The number of nitriles is 1. The Kier molecular flexibility index (Phi) is 6.74. The van der Waals surface area contributed by atoms with Gasteiger partial charge in [-0.15, -0.1) is 11.3 Å². The number of thiophene rings is 1. The van der Waals surface area contributed by atoms with Gasteiger partial charge < -0.3 is 15.4 Å². The zero-order valence-electron chi connectivity index (χ0n) is 16.9. The van der Waals surface area contributed by atoms with Gasteiger partial charge in [0.15, 0.2) is 0 Å². The van der Waals surface area contributed by atoms with E-state index in [2.05, 4.69) is 10.1 Å². The fraction of sp³-hybridized carbons (Fsp3) is 0.381. The van der Waals surface area contributed by atoms with Gasteiger partial charge in [0.25, 0.3) is 5.91 Å². The molecule has 6 nitrogen and oxygen atoms in total. The second-order valence-electron chi connectivity index (χ2n) is 7.08. The highest BCUT2D eigenvalue weighted by atomic mass is 32.1. The van der Waals surface area contributed by atoms with Crippen molar-refractivity contribution in [1.82, 2.24) is 5.32 Å². The number of halogens is 4. The van der Waals surface area contributed by atoms with Crippen LogP contribution in [0.3, 0.4) is 0 Å². The van der Waals surface area contributed by atoms with Crippen molar-refractivity contribution in [3.8, 4) is 6.07 Å². The molecule has 0 bridgehead atoms. The lowest BCUT2D eigenvalue weighted by Crippen LogP contribution is -2.69. The van der Waals surface area contributed by atoms with E-state index < -0.39 is 35.1 Å². The maximum absolute atomic E-state index is 14.4. The van der Waals surface area contributed by atoms with Crippen LogP contribution in [0.25, 0.3) is 0 Å². The molecule has 0 aliphatic heterocycles. The van der Waals surface area contributed by atoms with Crippen molar-refractivity contribution in [2.24, 2.45) is 0 Å². The summed E-state index contributed by atoms with van der Waals surface area (Å²) in [5.41, 5.74) is -3.47. The fourth-order valence-corrected chi connectivity index (χ4v) is 4.74. The molecule has 2 N–H and O–H groups in total. The van der Waals surface area contributed by atoms with Crippen molar-refractivity contribution in [3.63, 3.8) is 0 Å². The molecule has 2 aromatic rings. The molecule has 0 fully saturated rings. The maximum Gasteiger partial charge on any atom is 0.441 e. The van der Waals surface area contributed by atoms with E-state index >= 15 is 0 Å². The minimum absolute atomic E-state index is 0.00243. The van der Waals surface area contributed by atoms with Crippen LogP contribution in [-0.2, 0) is 22.4 Å². The van der Waals surface area contributed by atoms with Crippen LogP contribution in [0.4, 0.5) is 22.6 Å². The lowest BCUT2D eigenvalue weighted by molar-refractivity contribution is -0.204. The van der Waals surface area contributed by atoms with Crippen LogP contribution in [0.5, 0.6) is 0 Å². The molecular formula is C21H19F4N3O3S. The Hall–Kier alpha value is -3.13. The average Bonchev–Trinajstić information content (AvgIpc) is 3.09. The van der Waals surface area contributed by atoms with Gasteiger partial charge in [0, 0.05) is 10.4 Å². The smallest absolute Gasteiger partial charge is 0.441 e. The molecule has 1 aromatic heterocycles. The van der Waals surface area contributed by atoms with Crippen LogP contribution in [0.15, 0.2) is 24.3 Å². The first-order valence-corrected chi connectivity index (χ1v) is 10.6. The van der Waals surface area contributed by atoms with Crippen LogP contribution in [-0.4, -0.2) is 30.3 Å². The number of aryl methyl sites for hydroxylation is 1. The van der Waals surface area contributed by atoms with Gasteiger partial charge in [-0.25, -0.2) is 9.18 Å². The predicted molar refractivity (Wildman–Crippen MR) is 109 cm³/mol. The number of rotatable bonds is 6. The monoisotopic (exact) mass is 469 g/mol. The van der Waals surface area contributed by atoms with Gasteiger partial charge in [-0.05, 0) is 56.4 Å². The minimum Gasteiger partial charge on any atom is -0.463 e. The van der Waals surface area contributed by atoms with E-state index in [1.54, 1.807) is 5.32 Å². The first kappa shape index (κ1) is 23.5. The molecule has 1 atom stereocenters. The summed E-state index contributed by atoms with van der Waals surface area (Å²) in [5.74, 6) is -3.98. The van der Waals surface area contributed by atoms with Crippen molar-refractivity contribution < 1.29 is 31.9 Å². The van der Waals surface area contributed by atoms with E-state index in [4.69, 9.17) is 0 Å². The molecule has 1 aliphatic rings. The average molecular weight is 469 g/mol. The van der Waals surface area contributed by atoms with Crippen LogP contribution < -0.4 is 10.6 Å². The molecule has 3 rings (SSSR count). The molecule has 11 heteroatoms. The molecule has 170 valence electrons. The largest absolute Gasteiger partial charge is 0.463 e. The van der Waals surface area contributed by atoms with Gasteiger partial charge >= 0.3 is 17.8 Å². The second kappa shape index (κ2) is 9.16. The van der Waals surface area contributed by atoms with E-state index in [1.807, 2.05) is 6.07 Å². The first-order chi connectivity index (χ1) is 15.1. The molecule has 1 heterocycles. The molecule has 0 unspecified atom stereocenters. The summed E-state index contributed by atoms with van der Waals surface area (Å²) in [6, 6.07) is 5.93. The predicted octanol–water partition coefficient (Wildman–Crippen LogP) is 4.30. The van der Waals surface area contributed by atoms with Gasteiger partial charge in [-0.1, -0.05) is 6.07 Å².